The number of rotatable bonds is 6. The molecule has 0 saturated carbocycles. The number of allylic oxidation sites excluding steroid dienone is 1. The molecule has 0 rings (SSSR count). The van der Waals surface area contributed by atoms with Crippen LogP contribution >= 0.6 is 0 Å². The van der Waals surface area contributed by atoms with Crippen LogP contribution in [-0.4, -0.2) is 37.4 Å². The molecule has 0 aliphatic heterocycles. The average molecular weight is 201 g/mol. The second kappa shape index (κ2) is 7.53. The first-order valence-electron chi connectivity index (χ1n) is 4.73. The van der Waals surface area contributed by atoms with Crippen molar-refractivity contribution in [3.8, 4) is 0 Å². The second-order valence-corrected chi connectivity index (χ2v) is 3.10. The summed E-state index contributed by atoms with van der Waals surface area (Å²) in [6, 6.07) is -0.326. The van der Waals surface area contributed by atoms with E-state index in [-0.39, 0.29) is 18.6 Å². The summed E-state index contributed by atoms with van der Waals surface area (Å²) in [5, 5.41) is 11.6. The van der Waals surface area contributed by atoms with Crippen LogP contribution in [0.5, 0.6) is 0 Å². The maximum Gasteiger partial charge on any atom is 0.246 e. The molecular weight excluding hydrogens is 182 g/mol. The molecule has 0 radical (unpaired) electrons. The summed E-state index contributed by atoms with van der Waals surface area (Å²) in [6.07, 6.45) is 2.67. The summed E-state index contributed by atoms with van der Waals surface area (Å²) in [6.45, 7) is 3.93. The Bertz CT molecular complexity index is 202. The predicted molar refractivity (Wildman–Crippen MR) is 54.9 cm³/mol. The van der Waals surface area contributed by atoms with Crippen LogP contribution in [0.1, 0.15) is 20.3 Å². The van der Waals surface area contributed by atoms with Crippen molar-refractivity contribution >= 4 is 5.91 Å². The van der Waals surface area contributed by atoms with Crippen LogP contribution in [0.3, 0.4) is 0 Å². The maximum atomic E-state index is 11.4. The van der Waals surface area contributed by atoms with E-state index < -0.39 is 0 Å². The minimum Gasteiger partial charge on any atom is -0.394 e. The Hall–Kier alpha value is -0.870. The number of methoxy groups -OCH3 is 1. The molecule has 4 heteroatoms. The van der Waals surface area contributed by atoms with E-state index in [9.17, 15) is 4.79 Å². The number of hydrogen-bond acceptors (Lipinski definition) is 3. The highest BCUT2D eigenvalue weighted by molar-refractivity contribution is 5.92. The normalized spacial score (nSPS) is 13.9. The number of carbonyl (C=O) groups excluding carboxylic acids is 1. The molecule has 0 bridgehead atoms. The van der Waals surface area contributed by atoms with Crippen LogP contribution in [-0.2, 0) is 9.53 Å². The molecule has 0 aromatic carbocycles. The van der Waals surface area contributed by atoms with Gasteiger partial charge in [-0.2, -0.15) is 0 Å². The lowest BCUT2D eigenvalue weighted by atomic mass is 10.2. The summed E-state index contributed by atoms with van der Waals surface area (Å²) in [4.78, 5) is 11.4. The van der Waals surface area contributed by atoms with Crippen molar-refractivity contribution in [1.82, 2.24) is 5.32 Å². The van der Waals surface area contributed by atoms with E-state index in [2.05, 4.69) is 5.32 Å². The highest BCUT2D eigenvalue weighted by Crippen LogP contribution is 1.96. The zero-order valence-corrected chi connectivity index (χ0v) is 9.04. The molecule has 14 heavy (non-hydrogen) atoms. The van der Waals surface area contributed by atoms with Crippen molar-refractivity contribution < 1.29 is 14.6 Å². The summed E-state index contributed by atoms with van der Waals surface area (Å²) >= 11 is 0. The van der Waals surface area contributed by atoms with Crippen LogP contribution in [0.25, 0.3) is 0 Å². The van der Waals surface area contributed by atoms with Crippen LogP contribution in [0.4, 0.5) is 0 Å². The summed E-state index contributed by atoms with van der Waals surface area (Å²) in [5.41, 5.74) is 0.669. The largest absolute Gasteiger partial charge is 0.394 e. The van der Waals surface area contributed by atoms with E-state index >= 15 is 0 Å². The molecule has 1 amide bonds. The lowest BCUT2D eigenvalue weighted by molar-refractivity contribution is -0.118. The third-order valence-electron chi connectivity index (χ3n) is 1.79. The Morgan fingerprint density at radius 1 is 1.64 bits per heavy atom. The Balaban J connectivity index is 4.08. The Kier molecular flexibility index (Phi) is 7.06. The quantitative estimate of drug-likeness (QED) is 0.614. The first kappa shape index (κ1) is 13.1. The van der Waals surface area contributed by atoms with Gasteiger partial charge in [-0.1, -0.05) is 13.0 Å². The van der Waals surface area contributed by atoms with Crippen LogP contribution < -0.4 is 5.32 Å². The monoisotopic (exact) mass is 201 g/mol. The zero-order chi connectivity index (χ0) is 11.0. The molecule has 0 saturated heterocycles. The van der Waals surface area contributed by atoms with Crippen molar-refractivity contribution in [3.05, 3.63) is 11.6 Å². The number of hydrogen-bond donors (Lipinski definition) is 2. The Labute approximate surface area is 85.0 Å². The lowest BCUT2D eigenvalue weighted by Crippen LogP contribution is -2.40. The highest BCUT2D eigenvalue weighted by atomic mass is 16.5. The van der Waals surface area contributed by atoms with E-state index in [0.717, 1.165) is 6.42 Å². The van der Waals surface area contributed by atoms with Gasteiger partial charge >= 0.3 is 0 Å². The van der Waals surface area contributed by atoms with Gasteiger partial charge in [0.25, 0.3) is 0 Å². The van der Waals surface area contributed by atoms with Gasteiger partial charge in [0, 0.05) is 12.7 Å². The predicted octanol–water partition coefficient (Wildman–Crippen LogP) is 0.466. The molecule has 0 spiro atoms. The smallest absolute Gasteiger partial charge is 0.246 e. The molecular formula is C10H19NO3. The van der Waals surface area contributed by atoms with Crippen LogP contribution in [0.2, 0.25) is 0 Å². The zero-order valence-electron chi connectivity index (χ0n) is 9.04. The van der Waals surface area contributed by atoms with E-state index in [4.69, 9.17) is 9.84 Å². The number of amides is 1. The highest BCUT2D eigenvalue weighted by Gasteiger charge is 2.11. The molecule has 0 aromatic rings. The van der Waals surface area contributed by atoms with E-state index in [1.807, 2.05) is 13.0 Å². The molecule has 1 atom stereocenters. The fourth-order valence-corrected chi connectivity index (χ4v) is 1.04. The van der Waals surface area contributed by atoms with Gasteiger partial charge in [0.05, 0.1) is 19.3 Å². The third kappa shape index (κ3) is 4.99. The van der Waals surface area contributed by atoms with E-state index in [0.29, 0.717) is 12.2 Å². The molecule has 0 fully saturated rings. The van der Waals surface area contributed by atoms with Crippen molar-refractivity contribution in [2.24, 2.45) is 0 Å². The second-order valence-electron chi connectivity index (χ2n) is 3.10. The molecule has 0 aliphatic rings. The van der Waals surface area contributed by atoms with Crippen molar-refractivity contribution in [1.29, 1.82) is 0 Å². The topological polar surface area (TPSA) is 58.6 Å². The minimum absolute atomic E-state index is 0.112. The lowest BCUT2D eigenvalue weighted by Gasteiger charge is -2.15. The van der Waals surface area contributed by atoms with Gasteiger partial charge in [-0.3, -0.25) is 4.79 Å². The summed E-state index contributed by atoms with van der Waals surface area (Å²) in [5.74, 6) is -0.150. The SMILES string of the molecule is CC/C=C(/C)C(=O)NC(CO)COC. The van der Waals surface area contributed by atoms with Crippen molar-refractivity contribution in [3.63, 3.8) is 0 Å². The van der Waals surface area contributed by atoms with Gasteiger partial charge < -0.3 is 15.2 Å². The molecule has 82 valence electrons. The number of carbonyl (C=O) groups is 1. The van der Waals surface area contributed by atoms with Gasteiger partial charge in [-0.15, -0.1) is 0 Å². The average Bonchev–Trinajstić information content (AvgIpc) is 2.17. The number of aliphatic hydroxyl groups is 1. The van der Waals surface area contributed by atoms with Gasteiger partial charge in [0.1, 0.15) is 0 Å². The minimum atomic E-state index is -0.326. The third-order valence-corrected chi connectivity index (χ3v) is 1.79. The maximum absolute atomic E-state index is 11.4. The fraction of sp³-hybridized carbons (Fsp3) is 0.700. The first-order valence-corrected chi connectivity index (χ1v) is 4.73. The first-order chi connectivity index (χ1) is 6.65. The van der Waals surface area contributed by atoms with Gasteiger partial charge in [0.2, 0.25) is 5.91 Å². The van der Waals surface area contributed by atoms with Crippen LogP contribution in [0, 0.1) is 0 Å². The summed E-state index contributed by atoms with van der Waals surface area (Å²) < 4.78 is 4.84. The number of nitrogens with one attached hydrogen (secondary N) is 1. The van der Waals surface area contributed by atoms with E-state index in [1.165, 1.54) is 7.11 Å². The molecule has 4 nitrogen and oxygen atoms in total. The van der Waals surface area contributed by atoms with Gasteiger partial charge in [0.15, 0.2) is 0 Å². The van der Waals surface area contributed by atoms with Gasteiger partial charge in [-0.05, 0) is 13.3 Å². The van der Waals surface area contributed by atoms with Gasteiger partial charge in [-0.25, -0.2) is 0 Å². The van der Waals surface area contributed by atoms with Crippen LogP contribution in [0.15, 0.2) is 11.6 Å². The molecule has 0 heterocycles. The molecule has 0 aliphatic carbocycles. The molecule has 2 N–H and O–H groups in total. The Morgan fingerprint density at radius 3 is 2.71 bits per heavy atom. The molecule has 0 aromatic heterocycles. The van der Waals surface area contributed by atoms with E-state index in [1.54, 1.807) is 6.92 Å². The molecule has 1 unspecified atom stereocenters. The number of aliphatic hydroxyl groups excluding tert-OH is 1. The standard InChI is InChI=1S/C10H19NO3/c1-4-5-8(2)10(13)11-9(6-12)7-14-3/h5,9,12H,4,6-7H2,1-3H3,(H,11,13)/b8-5-. The number of ether oxygens (including phenoxy) is 1. The Morgan fingerprint density at radius 2 is 2.29 bits per heavy atom. The van der Waals surface area contributed by atoms with Crippen molar-refractivity contribution in [2.45, 2.75) is 26.3 Å². The summed E-state index contributed by atoms with van der Waals surface area (Å²) in [7, 11) is 1.53. The van der Waals surface area contributed by atoms with Crippen molar-refractivity contribution in [2.75, 3.05) is 20.3 Å². The fourth-order valence-electron chi connectivity index (χ4n) is 1.04.